The van der Waals surface area contributed by atoms with E-state index in [1.165, 1.54) is 32.9 Å². The Morgan fingerprint density at radius 2 is 1.08 bits per heavy atom. The minimum absolute atomic E-state index is 0.0103. The summed E-state index contributed by atoms with van der Waals surface area (Å²) in [6, 6.07) is 2.51. The molecule has 0 aromatic heterocycles. The molecule has 0 fully saturated rings. The highest BCUT2D eigenvalue weighted by Gasteiger charge is 2.59. The van der Waals surface area contributed by atoms with E-state index in [-0.39, 0.29) is 74.7 Å². The molecule has 0 radical (unpaired) electrons. The fourth-order valence-electron chi connectivity index (χ4n) is 5.55. The van der Waals surface area contributed by atoms with Gasteiger partial charge in [0.05, 0.1) is 11.1 Å². The molecule has 0 amide bonds. The Morgan fingerprint density at radius 1 is 0.625 bits per heavy atom. The van der Waals surface area contributed by atoms with Gasteiger partial charge in [-0.1, -0.05) is 0 Å². The average Bonchev–Trinajstić information content (AvgIpc) is 3.01. The molecule has 1 heterocycles. The van der Waals surface area contributed by atoms with Gasteiger partial charge in [0.25, 0.3) is 0 Å². The van der Waals surface area contributed by atoms with Gasteiger partial charge in [0.1, 0.15) is 13.2 Å². The number of nitrogens with zero attached hydrogens (tertiary/aromatic N) is 2. The van der Waals surface area contributed by atoms with Crippen LogP contribution < -0.4 is 21.3 Å². The Kier molecular flexibility index (Phi) is 12.6. The van der Waals surface area contributed by atoms with Crippen molar-refractivity contribution in [3.63, 3.8) is 0 Å². The number of ether oxygens (including phenoxy) is 2. The zero-order valence-corrected chi connectivity index (χ0v) is 27.8. The number of ketones is 6. The Balaban J connectivity index is 2.14. The number of carbonyl (C=O) groups is 8. The Bertz CT molecular complexity index is 1620. The first-order valence-electron chi connectivity index (χ1n) is 15.3. The minimum atomic E-state index is -2.25. The van der Waals surface area contributed by atoms with Crippen molar-refractivity contribution in [1.82, 2.24) is 21.3 Å². The van der Waals surface area contributed by atoms with Gasteiger partial charge < -0.3 is 20.1 Å². The van der Waals surface area contributed by atoms with Gasteiger partial charge in [0.2, 0.25) is 11.3 Å². The zero-order valence-electron chi connectivity index (χ0n) is 27.8. The lowest BCUT2D eigenvalue weighted by Crippen LogP contribution is -2.64. The third kappa shape index (κ3) is 7.73. The second-order valence-electron chi connectivity index (χ2n) is 11.2. The van der Waals surface area contributed by atoms with Crippen molar-refractivity contribution in [3.8, 4) is 0 Å². The van der Waals surface area contributed by atoms with Gasteiger partial charge in [-0.15, -0.1) is 0 Å². The summed E-state index contributed by atoms with van der Waals surface area (Å²) in [5.74, 6) is -5.32. The summed E-state index contributed by atoms with van der Waals surface area (Å²) in [6.07, 6.45) is 0. The maximum absolute atomic E-state index is 14.6. The Labute approximate surface area is 276 Å². The number of benzene rings is 1. The smallest absolute Gasteiger partial charge is 0.302 e. The van der Waals surface area contributed by atoms with E-state index in [0.717, 1.165) is 20.8 Å². The molecule has 2 unspecified atom stereocenters. The summed E-state index contributed by atoms with van der Waals surface area (Å²) >= 11 is 0. The largest absolute Gasteiger partial charge is 0.465 e. The van der Waals surface area contributed by atoms with Crippen LogP contribution in [0.1, 0.15) is 83.0 Å². The Hall–Kier alpha value is -4.64. The number of esters is 2. The summed E-state index contributed by atoms with van der Waals surface area (Å²) in [4.78, 5) is 104. The SMILES string of the molecule is CC(=O)OCCNCCNC1(C(C)=O)N=NC(NCCNCCOC(C)=O)(C(C)=O)C2=C1C(=O)c1ccc(C(C)=O)c(C(C)=O)c1C2=O. The van der Waals surface area contributed by atoms with Crippen LogP contribution in [0, 0.1) is 0 Å². The number of nitrogens with one attached hydrogen (secondary N) is 4. The Morgan fingerprint density at radius 3 is 1.48 bits per heavy atom. The number of hydrogen-bond donors (Lipinski definition) is 4. The van der Waals surface area contributed by atoms with Crippen LogP contribution >= 0.6 is 0 Å². The second kappa shape index (κ2) is 16.0. The number of Topliss-reactive ketones (excluding diaryl/α,β-unsaturated/α-hetero) is 6. The van der Waals surface area contributed by atoms with Gasteiger partial charge in [-0.2, -0.15) is 10.2 Å². The number of carbonyl (C=O) groups excluding carboxylic acids is 8. The average molecular weight is 669 g/mol. The van der Waals surface area contributed by atoms with Gasteiger partial charge in [-0.05, 0) is 39.8 Å². The second-order valence-corrected chi connectivity index (χ2v) is 11.2. The summed E-state index contributed by atoms with van der Waals surface area (Å²) in [6.45, 7) is 8.34. The monoisotopic (exact) mass is 668 g/mol. The first-order valence-corrected chi connectivity index (χ1v) is 15.3. The van der Waals surface area contributed by atoms with E-state index in [9.17, 15) is 38.4 Å². The van der Waals surface area contributed by atoms with Crippen molar-refractivity contribution in [2.24, 2.45) is 10.2 Å². The van der Waals surface area contributed by atoms with Crippen LogP contribution in [0.2, 0.25) is 0 Å². The van der Waals surface area contributed by atoms with E-state index in [1.54, 1.807) is 0 Å². The quantitative estimate of drug-likeness (QED) is 0.0937. The molecule has 2 aliphatic rings. The van der Waals surface area contributed by atoms with Crippen LogP contribution in [-0.2, 0) is 28.7 Å². The molecule has 0 saturated carbocycles. The highest BCUT2D eigenvalue weighted by molar-refractivity contribution is 6.34. The van der Waals surface area contributed by atoms with Gasteiger partial charge in [-0.25, -0.2) is 0 Å². The predicted octanol–water partition coefficient (Wildman–Crippen LogP) is 0.288. The molecular formula is C32H40N6O10. The number of rotatable bonds is 18. The number of hydrogen-bond acceptors (Lipinski definition) is 16. The van der Waals surface area contributed by atoms with Crippen LogP contribution in [0.5, 0.6) is 0 Å². The predicted molar refractivity (Wildman–Crippen MR) is 169 cm³/mol. The maximum atomic E-state index is 14.6. The first-order chi connectivity index (χ1) is 22.6. The van der Waals surface area contributed by atoms with Crippen LogP contribution in [0.15, 0.2) is 33.5 Å². The van der Waals surface area contributed by atoms with E-state index in [4.69, 9.17) is 9.47 Å². The zero-order chi connectivity index (χ0) is 35.8. The third-order valence-corrected chi connectivity index (χ3v) is 7.74. The molecule has 2 atom stereocenters. The van der Waals surface area contributed by atoms with Crippen molar-refractivity contribution in [2.75, 3.05) is 52.5 Å². The molecule has 1 aromatic carbocycles. The van der Waals surface area contributed by atoms with Crippen LogP contribution in [0.3, 0.4) is 0 Å². The lowest BCUT2D eigenvalue weighted by atomic mass is 9.70. The molecule has 4 N–H and O–H groups in total. The fraction of sp³-hybridized carbons (Fsp3) is 0.500. The molecule has 0 spiro atoms. The standard InChI is InChI=1S/C32H40N6O10/c1-17(39)23-7-8-24-26(25(23)18(2)40)30(46)28-27(29(24)45)31(19(3)41,35-11-9-33-13-15-47-21(5)43)37-38-32(28,20(4)42)36-12-10-34-14-16-48-22(6)44/h7-8,33-36H,9-16H2,1-6H3. The molecule has 258 valence electrons. The van der Waals surface area contributed by atoms with Crippen LogP contribution in [0.25, 0.3) is 0 Å². The van der Waals surface area contributed by atoms with Gasteiger partial charge >= 0.3 is 11.9 Å². The molecule has 16 nitrogen and oxygen atoms in total. The fourth-order valence-corrected chi connectivity index (χ4v) is 5.55. The van der Waals surface area contributed by atoms with Crippen molar-refractivity contribution in [1.29, 1.82) is 0 Å². The molecule has 16 heteroatoms. The lowest BCUT2D eigenvalue weighted by molar-refractivity contribution is -0.141. The van der Waals surface area contributed by atoms with Gasteiger partial charge in [0, 0.05) is 75.4 Å². The van der Waals surface area contributed by atoms with Crippen LogP contribution in [-0.4, -0.2) is 110 Å². The van der Waals surface area contributed by atoms with Crippen LogP contribution in [0.4, 0.5) is 0 Å². The maximum Gasteiger partial charge on any atom is 0.302 e. The van der Waals surface area contributed by atoms with Crippen molar-refractivity contribution in [3.05, 3.63) is 45.5 Å². The third-order valence-electron chi connectivity index (χ3n) is 7.74. The molecule has 1 aliphatic carbocycles. The van der Waals surface area contributed by atoms with Gasteiger partial charge in [0.15, 0.2) is 34.7 Å². The van der Waals surface area contributed by atoms with E-state index < -0.39 is 69.1 Å². The van der Waals surface area contributed by atoms with Crippen molar-refractivity contribution in [2.45, 2.75) is 52.9 Å². The van der Waals surface area contributed by atoms with E-state index >= 15 is 0 Å². The normalized spacial score (nSPS) is 19.8. The van der Waals surface area contributed by atoms with E-state index in [1.807, 2.05) is 0 Å². The summed E-state index contributed by atoms with van der Waals surface area (Å²) in [7, 11) is 0. The molecule has 1 aliphatic heterocycles. The first kappa shape index (κ1) is 37.8. The summed E-state index contributed by atoms with van der Waals surface area (Å²) in [5, 5.41) is 20.3. The molecule has 1 aromatic rings. The van der Waals surface area contributed by atoms with Crippen molar-refractivity contribution < 1.29 is 47.8 Å². The summed E-state index contributed by atoms with van der Waals surface area (Å²) in [5.41, 5.74) is -6.34. The number of azo groups is 1. The topological polar surface area (TPSA) is 228 Å². The highest BCUT2D eigenvalue weighted by Crippen LogP contribution is 2.44. The number of fused-ring (bicyclic) bond motifs is 1. The van der Waals surface area contributed by atoms with E-state index in [0.29, 0.717) is 0 Å². The minimum Gasteiger partial charge on any atom is -0.465 e. The summed E-state index contributed by atoms with van der Waals surface area (Å²) < 4.78 is 9.77. The highest BCUT2D eigenvalue weighted by atomic mass is 16.5. The van der Waals surface area contributed by atoms with E-state index in [2.05, 4.69) is 31.5 Å². The molecule has 3 rings (SSSR count). The molecular weight excluding hydrogens is 628 g/mol. The lowest BCUT2D eigenvalue weighted by Gasteiger charge is -2.42. The van der Waals surface area contributed by atoms with Gasteiger partial charge in [-0.3, -0.25) is 49.0 Å². The molecule has 0 bridgehead atoms. The molecule has 48 heavy (non-hydrogen) atoms. The van der Waals surface area contributed by atoms with Crippen molar-refractivity contribution >= 4 is 46.6 Å². The molecule has 0 saturated heterocycles.